The van der Waals surface area contributed by atoms with Gasteiger partial charge in [-0.2, -0.15) is 0 Å². The molecule has 1 fully saturated rings. The molecule has 0 aromatic heterocycles. The van der Waals surface area contributed by atoms with Crippen molar-refractivity contribution in [2.45, 2.75) is 25.8 Å². The van der Waals surface area contributed by atoms with E-state index in [0.717, 1.165) is 13.0 Å². The largest absolute Gasteiger partial charge is 0.467 e. The molecule has 2 N–H and O–H groups in total. The van der Waals surface area contributed by atoms with E-state index in [-0.39, 0.29) is 30.2 Å². The van der Waals surface area contributed by atoms with E-state index in [1.54, 1.807) is 0 Å². The summed E-state index contributed by atoms with van der Waals surface area (Å²) in [5.74, 6) is -0.447. The molecule has 0 aliphatic carbocycles. The highest BCUT2D eigenvalue weighted by Gasteiger charge is 2.26. The van der Waals surface area contributed by atoms with Crippen LogP contribution in [0.3, 0.4) is 0 Å². The van der Waals surface area contributed by atoms with Gasteiger partial charge in [0.25, 0.3) is 0 Å². The van der Waals surface area contributed by atoms with Crippen LogP contribution in [-0.4, -0.2) is 38.1 Å². The molecule has 1 amide bonds. The zero-order valence-electron chi connectivity index (χ0n) is 9.62. The first kappa shape index (κ1) is 15.2. The molecule has 0 aromatic rings. The van der Waals surface area contributed by atoms with Gasteiger partial charge in [0.1, 0.15) is 6.04 Å². The highest BCUT2D eigenvalue weighted by Crippen LogP contribution is 2.08. The van der Waals surface area contributed by atoms with Gasteiger partial charge in [-0.05, 0) is 19.4 Å². The number of amides is 1. The standard InChI is InChI=1S/C10H18N2O3.ClH/c1-3-8(10(14)15-2)12-9(13)7-4-5-11-6-7;/h7-8,11H,3-6H2,1-2H3,(H,12,13);1H/t7-,8?;/m1./s1. The van der Waals surface area contributed by atoms with E-state index in [9.17, 15) is 9.59 Å². The average Bonchev–Trinajstić information content (AvgIpc) is 2.77. The second-order valence-corrected chi connectivity index (χ2v) is 3.68. The van der Waals surface area contributed by atoms with Gasteiger partial charge in [0.2, 0.25) is 5.91 Å². The summed E-state index contributed by atoms with van der Waals surface area (Å²) in [5.41, 5.74) is 0. The average molecular weight is 251 g/mol. The van der Waals surface area contributed by atoms with Crippen LogP contribution in [0.5, 0.6) is 0 Å². The first-order valence-corrected chi connectivity index (χ1v) is 5.28. The van der Waals surface area contributed by atoms with Crippen molar-refractivity contribution in [3.8, 4) is 0 Å². The molecule has 0 radical (unpaired) electrons. The molecule has 0 spiro atoms. The number of rotatable bonds is 4. The SMILES string of the molecule is CCC(NC(=O)[C@@H]1CCNC1)C(=O)OC.Cl. The van der Waals surface area contributed by atoms with Crippen LogP contribution in [0.2, 0.25) is 0 Å². The quantitative estimate of drug-likeness (QED) is 0.694. The van der Waals surface area contributed by atoms with E-state index < -0.39 is 6.04 Å². The van der Waals surface area contributed by atoms with Gasteiger partial charge in [-0.15, -0.1) is 12.4 Å². The molecular formula is C10H19ClN2O3. The number of esters is 1. The number of halogens is 1. The van der Waals surface area contributed by atoms with Crippen molar-refractivity contribution in [3.05, 3.63) is 0 Å². The Morgan fingerprint density at radius 1 is 1.56 bits per heavy atom. The summed E-state index contributed by atoms with van der Waals surface area (Å²) in [6.45, 7) is 3.41. The molecule has 0 bridgehead atoms. The highest BCUT2D eigenvalue weighted by molar-refractivity contribution is 5.86. The number of hydrogen-bond donors (Lipinski definition) is 2. The molecule has 1 saturated heterocycles. The lowest BCUT2D eigenvalue weighted by atomic mass is 10.1. The molecule has 1 aliphatic heterocycles. The number of ether oxygens (including phenoxy) is 1. The molecule has 1 heterocycles. The highest BCUT2D eigenvalue weighted by atomic mass is 35.5. The molecule has 2 atom stereocenters. The molecule has 6 heteroatoms. The molecule has 1 unspecified atom stereocenters. The van der Waals surface area contributed by atoms with Crippen molar-refractivity contribution < 1.29 is 14.3 Å². The summed E-state index contributed by atoms with van der Waals surface area (Å²) in [5, 5.41) is 5.82. The molecule has 0 saturated carbocycles. The summed E-state index contributed by atoms with van der Waals surface area (Å²) < 4.78 is 4.60. The third kappa shape index (κ3) is 3.98. The van der Waals surface area contributed by atoms with Gasteiger partial charge in [-0.3, -0.25) is 4.79 Å². The Labute approximate surface area is 102 Å². The predicted octanol–water partition coefficient (Wildman–Crippen LogP) is 0.0855. The minimum absolute atomic E-state index is 0. The van der Waals surface area contributed by atoms with Gasteiger partial charge in [-0.1, -0.05) is 6.92 Å². The first-order valence-electron chi connectivity index (χ1n) is 5.28. The van der Waals surface area contributed by atoms with Crippen LogP contribution in [-0.2, 0) is 14.3 Å². The second-order valence-electron chi connectivity index (χ2n) is 3.68. The monoisotopic (exact) mass is 250 g/mol. The molecule has 5 nitrogen and oxygen atoms in total. The molecule has 1 rings (SSSR count). The summed E-state index contributed by atoms with van der Waals surface area (Å²) in [7, 11) is 1.33. The van der Waals surface area contributed by atoms with Gasteiger partial charge in [0, 0.05) is 6.54 Å². The zero-order valence-corrected chi connectivity index (χ0v) is 10.4. The summed E-state index contributed by atoms with van der Waals surface area (Å²) in [6, 6.07) is -0.511. The van der Waals surface area contributed by atoms with Crippen molar-refractivity contribution in [2.24, 2.45) is 5.92 Å². The Bertz CT molecular complexity index is 242. The van der Waals surface area contributed by atoms with Crippen LogP contribution in [0, 0.1) is 5.92 Å². The molecule has 0 aromatic carbocycles. The number of nitrogens with one attached hydrogen (secondary N) is 2. The topological polar surface area (TPSA) is 67.4 Å². The van der Waals surface area contributed by atoms with Crippen LogP contribution in [0.25, 0.3) is 0 Å². The Balaban J connectivity index is 0.00000225. The van der Waals surface area contributed by atoms with Crippen molar-refractivity contribution in [1.29, 1.82) is 0 Å². The van der Waals surface area contributed by atoms with Crippen molar-refractivity contribution in [2.75, 3.05) is 20.2 Å². The Morgan fingerprint density at radius 2 is 2.25 bits per heavy atom. The lowest BCUT2D eigenvalue weighted by molar-refractivity contribution is -0.145. The fourth-order valence-electron chi connectivity index (χ4n) is 1.64. The van der Waals surface area contributed by atoms with E-state index >= 15 is 0 Å². The normalized spacial score (nSPS) is 20.8. The van der Waals surface area contributed by atoms with E-state index in [2.05, 4.69) is 15.4 Å². The van der Waals surface area contributed by atoms with Gasteiger partial charge < -0.3 is 15.4 Å². The predicted molar refractivity (Wildman–Crippen MR) is 62.5 cm³/mol. The number of carbonyl (C=O) groups excluding carboxylic acids is 2. The van der Waals surface area contributed by atoms with Crippen LogP contribution in [0.1, 0.15) is 19.8 Å². The maximum atomic E-state index is 11.7. The Hall–Kier alpha value is -0.810. The Morgan fingerprint density at radius 3 is 2.69 bits per heavy atom. The van der Waals surface area contributed by atoms with Crippen LogP contribution >= 0.6 is 12.4 Å². The molecule has 94 valence electrons. The number of methoxy groups -OCH3 is 1. The minimum atomic E-state index is -0.511. The van der Waals surface area contributed by atoms with Crippen molar-refractivity contribution >= 4 is 24.3 Å². The van der Waals surface area contributed by atoms with E-state index in [1.807, 2.05) is 6.92 Å². The summed E-state index contributed by atoms with van der Waals surface area (Å²) in [6.07, 6.45) is 1.39. The number of carbonyl (C=O) groups is 2. The van der Waals surface area contributed by atoms with E-state index in [4.69, 9.17) is 0 Å². The second kappa shape index (κ2) is 7.46. The maximum absolute atomic E-state index is 11.7. The van der Waals surface area contributed by atoms with Crippen molar-refractivity contribution in [3.63, 3.8) is 0 Å². The lowest BCUT2D eigenvalue weighted by Gasteiger charge is -2.16. The zero-order chi connectivity index (χ0) is 11.3. The van der Waals surface area contributed by atoms with Gasteiger partial charge in [0.05, 0.1) is 13.0 Å². The van der Waals surface area contributed by atoms with E-state index in [1.165, 1.54) is 7.11 Å². The van der Waals surface area contributed by atoms with Crippen LogP contribution in [0.15, 0.2) is 0 Å². The fraction of sp³-hybridized carbons (Fsp3) is 0.800. The first-order chi connectivity index (χ1) is 7.19. The summed E-state index contributed by atoms with van der Waals surface area (Å²) in [4.78, 5) is 22.9. The fourth-order valence-corrected chi connectivity index (χ4v) is 1.64. The smallest absolute Gasteiger partial charge is 0.328 e. The third-order valence-electron chi connectivity index (χ3n) is 2.64. The van der Waals surface area contributed by atoms with Crippen LogP contribution < -0.4 is 10.6 Å². The molecular weight excluding hydrogens is 232 g/mol. The number of hydrogen-bond acceptors (Lipinski definition) is 4. The minimum Gasteiger partial charge on any atom is -0.467 e. The molecule has 1 aliphatic rings. The van der Waals surface area contributed by atoms with E-state index in [0.29, 0.717) is 13.0 Å². The maximum Gasteiger partial charge on any atom is 0.328 e. The van der Waals surface area contributed by atoms with Crippen molar-refractivity contribution in [1.82, 2.24) is 10.6 Å². The lowest BCUT2D eigenvalue weighted by Crippen LogP contribution is -2.44. The molecule has 16 heavy (non-hydrogen) atoms. The van der Waals surface area contributed by atoms with Crippen LogP contribution in [0.4, 0.5) is 0 Å². The van der Waals surface area contributed by atoms with Gasteiger partial charge in [-0.25, -0.2) is 4.79 Å². The van der Waals surface area contributed by atoms with Gasteiger partial charge in [0.15, 0.2) is 0 Å². The summed E-state index contributed by atoms with van der Waals surface area (Å²) >= 11 is 0. The van der Waals surface area contributed by atoms with Gasteiger partial charge >= 0.3 is 5.97 Å². The Kier molecular flexibility index (Phi) is 7.08. The third-order valence-corrected chi connectivity index (χ3v) is 2.64.